The van der Waals surface area contributed by atoms with E-state index < -0.39 is 15.9 Å². The van der Waals surface area contributed by atoms with Gasteiger partial charge in [-0.05, 0) is 44.0 Å². The van der Waals surface area contributed by atoms with Crippen molar-refractivity contribution in [3.8, 4) is 11.5 Å². The lowest BCUT2D eigenvalue weighted by molar-refractivity contribution is -0.116. The first-order valence-corrected chi connectivity index (χ1v) is 11.9. The van der Waals surface area contributed by atoms with Gasteiger partial charge in [-0.1, -0.05) is 37.0 Å². The van der Waals surface area contributed by atoms with E-state index in [1.807, 2.05) is 6.92 Å². The van der Waals surface area contributed by atoms with Gasteiger partial charge in [-0.2, -0.15) is 4.31 Å². The van der Waals surface area contributed by atoms with Crippen LogP contribution in [0, 0.1) is 6.92 Å². The molecule has 0 radical (unpaired) electrons. The van der Waals surface area contributed by atoms with Crippen LogP contribution in [0.15, 0.2) is 47.4 Å². The van der Waals surface area contributed by atoms with Gasteiger partial charge in [0.2, 0.25) is 15.9 Å². The Morgan fingerprint density at radius 3 is 2.26 bits per heavy atom. The van der Waals surface area contributed by atoms with Gasteiger partial charge in [0.25, 0.3) is 0 Å². The molecule has 168 valence electrons. The summed E-state index contributed by atoms with van der Waals surface area (Å²) in [5.74, 6) is 0.636. The minimum Gasteiger partial charge on any atom is -0.493 e. The Kier molecular flexibility index (Phi) is 7.56. The van der Waals surface area contributed by atoms with Crippen molar-refractivity contribution >= 4 is 21.6 Å². The summed E-state index contributed by atoms with van der Waals surface area (Å²) in [7, 11) is -0.748. The highest BCUT2D eigenvalue weighted by molar-refractivity contribution is 7.89. The van der Waals surface area contributed by atoms with E-state index in [1.54, 1.807) is 42.5 Å². The zero-order chi connectivity index (χ0) is 22.4. The molecule has 0 aliphatic heterocycles. The number of rotatable bonds is 8. The van der Waals surface area contributed by atoms with Crippen molar-refractivity contribution in [2.75, 3.05) is 26.1 Å². The van der Waals surface area contributed by atoms with Gasteiger partial charge in [0.05, 0.1) is 25.7 Å². The molecule has 8 heteroatoms. The summed E-state index contributed by atoms with van der Waals surface area (Å²) in [5.41, 5.74) is 1.49. The summed E-state index contributed by atoms with van der Waals surface area (Å²) in [5, 5.41) is 2.79. The zero-order valence-electron chi connectivity index (χ0n) is 18.3. The van der Waals surface area contributed by atoms with Gasteiger partial charge in [-0.15, -0.1) is 0 Å². The number of nitrogens with zero attached hydrogens (tertiary/aromatic N) is 1. The van der Waals surface area contributed by atoms with Crippen LogP contribution in [0.3, 0.4) is 0 Å². The molecule has 3 rings (SSSR count). The maximum Gasteiger partial charge on any atom is 0.243 e. The minimum atomic E-state index is -3.80. The first kappa shape index (κ1) is 23.1. The van der Waals surface area contributed by atoms with E-state index in [4.69, 9.17) is 9.47 Å². The summed E-state index contributed by atoms with van der Waals surface area (Å²) in [6, 6.07) is 11.6. The summed E-state index contributed by atoms with van der Waals surface area (Å²) in [4.78, 5) is 13.1. The summed E-state index contributed by atoms with van der Waals surface area (Å²) in [6.45, 7) is 1.67. The van der Waals surface area contributed by atoms with Crippen LogP contribution in [0.25, 0.3) is 0 Å². The van der Waals surface area contributed by atoms with Crippen LogP contribution in [0.2, 0.25) is 0 Å². The predicted octanol–water partition coefficient (Wildman–Crippen LogP) is 3.97. The molecular weight excluding hydrogens is 416 g/mol. The molecule has 1 fully saturated rings. The second-order valence-electron chi connectivity index (χ2n) is 7.77. The predicted molar refractivity (Wildman–Crippen MR) is 120 cm³/mol. The van der Waals surface area contributed by atoms with Crippen molar-refractivity contribution in [3.63, 3.8) is 0 Å². The molecule has 0 aromatic heterocycles. The molecule has 1 N–H and O–H groups in total. The number of carbonyl (C=O) groups is 1. The van der Waals surface area contributed by atoms with E-state index in [2.05, 4.69) is 5.32 Å². The van der Waals surface area contributed by atoms with Crippen molar-refractivity contribution in [1.29, 1.82) is 0 Å². The molecular formula is C23H30N2O5S. The van der Waals surface area contributed by atoms with Crippen LogP contribution in [-0.4, -0.2) is 45.4 Å². The molecule has 31 heavy (non-hydrogen) atoms. The van der Waals surface area contributed by atoms with Crippen LogP contribution in [0.4, 0.5) is 5.69 Å². The Balaban J connectivity index is 1.83. The third kappa shape index (κ3) is 5.57. The molecule has 7 nitrogen and oxygen atoms in total. The molecule has 0 heterocycles. The molecule has 1 saturated carbocycles. The van der Waals surface area contributed by atoms with Gasteiger partial charge in [0.15, 0.2) is 11.5 Å². The van der Waals surface area contributed by atoms with Gasteiger partial charge >= 0.3 is 0 Å². The monoisotopic (exact) mass is 446 g/mol. The van der Waals surface area contributed by atoms with E-state index in [9.17, 15) is 13.2 Å². The third-order valence-corrected chi connectivity index (χ3v) is 7.49. The van der Waals surface area contributed by atoms with E-state index >= 15 is 0 Å². The number of amides is 1. The third-order valence-electron chi connectivity index (χ3n) is 5.58. The molecule has 2 aromatic carbocycles. The Bertz CT molecular complexity index is 999. The number of sulfonamides is 1. The number of ether oxygens (including phenoxy) is 2. The fourth-order valence-electron chi connectivity index (χ4n) is 3.88. The van der Waals surface area contributed by atoms with Crippen molar-refractivity contribution in [3.05, 3.63) is 48.0 Å². The number of nitrogens with one attached hydrogen (secondary N) is 1. The summed E-state index contributed by atoms with van der Waals surface area (Å²) in [6.07, 6.45) is 4.53. The lowest BCUT2D eigenvalue weighted by Gasteiger charge is -2.33. The highest BCUT2D eigenvalue weighted by Crippen LogP contribution is 2.31. The second kappa shape index (κ2) is 10.2. The Hall–Kier alpha value is -2.58. The van der Waals surface area contributed by atoms with Gasteiger partial charge in [0.1, 0.15) is 0 Å². The molecule has 0 saturated heterocycles. The number of hydrogen-bond donors (Lipinski definition) is 1. The Morgan fingerprint density at radius 1 is 1.00 bits per heavy atom. The maximum atomic E-state index is 13.4. The largest absolute Gasteiger partial charge is 0.493 e. The van der Waals surface area contributed by atoms with Crippen molar-refractivity contribution in [1.82, 2.24) is 4.31 Å². The molecule has 0 bridgehead atoms. The fraction of sp³-hybridized carbons (Fsp3) is 0.435. The van der Waals surface area contributed by atoms with Crippen LogP contribution in [0.1, 0.15) is 37.7 Å². The lowest BCUT2D eigenvalue weighted by Crippen LogP contribution is -2.45. The van der Waals surface area contributed by atoms with Crippen molar-refractivity contribution in [2.24, 2.45) is 0 Å². The summed E-state index contributed by atoms with van der Waals surface area (Å²) >= 11 is 0. The van der Waals surface area contributed by atoms with E-state index in [0.717, 1.165) is 37.7 Å². The average Bonchev–Trinajstić information content (AvgIpc) is 2.78. The quantitative estimate of drug-likeness (QED) is 0.663. The molecule has 1 aliphatic rings. The minimum absolute atomic E-state index is 0.184. The molecule has 1 amide bonds. The first-order chi connectivity index (χ1) is 14.8. The Morgan fingerprint density at radius 2 is 1.65 bits per heavy atom. The van der Waals surface area contributed by atoms with Crippen molar-refractivity contribution in [2.45, 2.75) is 50.0 Å². The van der Waals surface area contributed by atoms with Crippen LogP contribution in [-0.2, 0) is 14.8 Å². The average molecular weight is 447 g/mol. The molecule has 0 unspecified atom stereocenters. The number of benzene rings is 2. The van der Waals surface area contributed by atoms with Crippen molar-refractivity contribution < 1.29 is 22.7 Å². The zero-order valence-corrected chi connectivity index (χ0v) is 19.1. The topological polar surface area (TPSA) is 84.9 Å². The van der Waals surface area contributed by atoms with Gasteiger partial charge < -0.3 is 14.8 Å². The number of methoxy groups -OCH3 is 2. The standard InChI is InChI=1S/C23H30N2O5S/c1-17-9-12-20(13-10-17)31(27,28)25(19-7-5-4-6-8-19)16-23(26)24-18-11-14-21(29-2)22(15-18)30-3/h9-15,19H,4-8,16H2,1-3H3,(H,24,26). The molecule has 0 spiro atoms. The number of anilines is 1. The summed E-state index contributed by atoms with van der Waals surface area (Å²) < 4.78 is 38.7. The van der Waals surface area contributed by atoms with Gasteiger partial charge in [0, 0.05) is 17.8 Å². The SMILES string of the molecule is COc1ccc(NC(=O)CN(C2CCCCC2)S(=O)(=O)c2ccc(C)cc2)cc1OC. The lowest BCUT2D eigenvalue weighted by atomic mass is 9.95. The van der Waals surface area contributed by atoms with E-state index in [0.29, 0.717) is 17.2 Å². The Labute approximate surface area is 184 Å². The van der Waals surface area contributed by atoms with Crippen LogP contribution >= 0.6 is 0 Å². The maximum absolute atomic E-state index is 13.4. The molecule has 0 atom stereocenters. The highest BCUT2D eigenvalue weighted by Gasteiger charge is 2.34. The number of carbonyl (C=O) groups excluding carboxylic acids is 1. The molecule has 2 aromatic rings. The van der Waals surface area contributed by atoms with E-state index in [1.165, 1.54) is 18.5 Å². The highest BCUT2D eigenvalue weighted by atomic mass is 32.2. The van der Waals surface area contributed by atoms with Gasteiger partial charge in [-0.25, -0.2) is 8.42 Å². The van der Waals surface area contributed by atoms with Crippen LogP contribution < -0.4 is 14.8 Å². The van der Waals surface area contributed by atoms with E-state index in [-0.39, 0.29) is 17.5 Å². The molecule has 1 aliphatic carbocycles. The second-order valence-corrected chi connectivity index (χ2v) is 9.66. The number of hydrogen-bond acceptors (Lipinski definition) is 5. The van der Waals surface area contributed by atoms with Gasteiger partial charge in [-0.3, -0.25) is 4.79 Å². The fourth-order valence-corrected chi connectivity index (χ4v) is 5.52. The normalized spacial score (nSPS) is 15.0. The van der Waals surface area contributed by atoms with Crippen LogP contribution in [0.5, 0.6) is 11.5 Å². The smallest absolute Gasteiger partial charge is 0.243 e. The first-order valence-electron chi connectivity index (χ1n) is 10.5. The number of aryl methyl sites for hydroxylation is 1.